The molecule has 2 aromatic rings. The Labute approximate surface area is 175 Å². The van der Waals surface area contributed by atoms with Gasteiger partial charge in [-0.25, -0.2) is 0 Å². The molecule has 0 saturated heterocycles. The summed E-state index contributed by atoms with van der Waals surface area (Å²) >= 11 is 6.21. The van der Waals surface area contributed by atoms with Gasteiger partial charge in [0.05, 0.1) is 5.56 Å². The minimum absolute atomic E-state index is 0.0160. The first-order valence-corrected chi connectivity index (χ1v) is 10.6. The highest BCUT2D eigenvalue weighted by Crippen LogP contribution is 2.51. The molecule has 4 atom stereocenters. The van der Waals surface area contributed by atoms with Crippen molar-refractivity contribution in [3.05, 3.63) is 64.7 Å². The molecule has 29 heavy (non-hydrogen) atoms. The molecule has 3 aliphatic carbocycles. The lowest BCUT2D eigenvalue weighted by atomic mass is 9.58. The van der Waals surface area contributed by atoms with Gasteiger partial charge in [-0.05, 0) is 55.4 Å². The number of rotatable bonds is 3. The number of amides is 2. The van der Waals surface area contributed by atoms with Gasteiger partial charge in [-0.15, -0.1) is 0 Å². The van der Waals surface area contributed by atoms with E-state index in [9.17, 15) is 9.59 Å². The summed E-state index contributed by atoms with van der Waals surface area (Å²) in [5, 5.41) is 10.6. The van der Waals surface area contributed by atoms with E-state index in [0.29, 0.717) is 17.1 Å². The largest absolute Gasteiger partial charge is 0.362 e. The Hall–Kier alpha value is -2.53. The van der Waals surface area contributed by atoms with Crippen LogP contribution >= 0.6 is 11.6 Å². The summed E-state index contributed by atoms with van der Waals surface area (Å²) in [6.07, 6.45) is 3.61. The van der Waals surface area contributed by atoms with Crippen LogP contribution in [0.3, 0.4) is 0 Å². The zero-order chi connectivity index (χ0) is 20.0. The maximum atomic E-state index is 12.9. The van der Waals surface area contributed by atoms with E-state index in [-0.39, 0.29) is 29.6 Å². The van der Waals surface area contributed by atoms with Crippen LogP contribution in [0, 0.1) is 17.8 Å². The van der Waals surface area contributed by atoms with Crippen LogP contribution < -0.4 is 16.0 Å². The maximum absolute atomic E-state index is 12.9. The number of carbonyl (C=O) groups excluding carboxylic acids is 2. The Morgan fingerprint density at radius 1 is 1.10 bits per heavy atom. The Bertz CT molecular complexity index is 978. The first-order valence-electron chi connectivity index (χ1n) is 10.3. The SMILES string of the molecule is O=C1N[C@@]2(CC3CCC2CC3C(=O)NCc2ccccc2Cl)Nc2ccccc21. The highest BCUT2D eigenvalue weighted by molar-refractivity contribution is 6.31. The number of fused-ring (bicyclic) bond motifs is 3. The first kappa shape index (κ1) is 18.5. The fourth-order valence-corrected chi connectivity index (χ4v) is 5.62. The van der Waals surface area contributed by atoms with Crippen molar-refractivity contribution in [1.82, 2.24) is 10.6 Å². The third-order valence-corrected chi connectivity index (χ3v) is 7.26. The molecule has 0 aromatic heterocycles. The van der Waals surface area contributed by atoms with Crippen LogP contribution in [0.1, 0.15) is 41.6 Å². The van der Waals surface area contributed by atoms with Gasteiger partial charge in [0.1, 0.15) is 5.66 Å². The van der Waals surface area contributed by atoms with Crippen molar-refractivity contribution >= 4 is 29.1 Å². The zero-order valence-electron chi connectivity index (χ0n) is 16.1. The maximum Gasteiger partial charge on any atom is 0.255 e. The number of benzene rings is 2. The average molecular weight is 410 g/mol. The molecule has 6 rings (SSSR count). The number of halogens is 1. The molecule has 1 aliphatic heterocycles. The smallest absolute Gasteiger partial charge is 0.255 e. The molecule has 2 bridgehead atoms. The lowest BCUT2D eigenvalue weighted by Crippen LogP contribution is -2.68. The molecule has 1 heterocycles. The van der Waals surface area contributed by atoms with E-state index in [1.54, 1.807) is 0 Å². The quantitative estimate of drug-likeness (QED) is 0.719. The minimum Gasteiger partial charge on any atom is -0.362 e. The second-order valence-corrected chi connectivity index (χ2v) is 8.89. The Morgan fingerprint density at radius 2 is 1.90 bits per heavy atom. The van der Waals surface area contributed by atoms with E-state index in [0.717, 1.165) is 36.9 Å². The van der Waals surface area contributed by atoms with Gasteiger partial charge in [-0.1, -0.05) is 41.9 Å². The number of anilines is 1. The number of nitrogens with one attached hydrogen (secondary N) is 3. The van der Waals surface area contributed by atoms with E-state index >= 15 is 0 Å². The van der Waals surface area contributed by atoms with Crippen molar-refractivity contribution in [1.29, 1.82) is 0 Å². The molecule has 0 radical (unpaired) electrons. The van der Waals surface area contributed by atoms with Crippen LogP contribution in [0.15, 0.2) is 48.5 Å². The van der Waals surface area contributed by atoms with Crippen molar-refractivity contribution in [3.8, 4) is 0 Å². The van der Waals surface area contributed by atoms with Crippen molar-refractivity contribution in [2.24, 2.45) is 17.8 Å². The molecule has 4 aliphatic rings. The molecule has 1 spiro atoms. The summed E-state index contributed by atoms with van der Waals surface area (Å²) in [7, 11) is 0. The van der Waals surface area contributed by atoms with Gasteiger partial charge in [-0.2, -0.15) is 0 Å². The average Bonchev–Trinajstić information content (AvgIpc) is 2.73. The van der Waals surface area contributed by atoms with E-state index in [1.807, 2.05) is 48.5 Å². The first-order chi connectivity index (χ1) is 14.1. The molecule has 6 heteroatoms. The van der Waals surface area contributed by atoms with E-state index in [1.165, 1.54) is 0 Å². The van der Waals surface area contributed by atoms with Crippen molar-refractivity contribution in [3.63, 3.8) is 0 Å². The highest BCUT2D eigenvalue weighted by Gasteiger charge is 2.55. The Morgan fingerprint density at radius 3 is 2.69 bits per heavy atom. The van der Waals surface area contributed by atoms with Crippen LogP contribution in [0.25, 0.3) is 0 Å². The zero-order valence-corrected chi connectivity index (χ0v) is 16.8. The molecular formula is C23H24ClN3O2. The lowest BCUT2D eigenvalue weighted by molar-refractivity contribution is -0.132. The summed E-state index contributed by atoms with van der Waals surface area (Å²) in [5.41, 5.74) is 2.07. The van der Waals surface area contributed by atoms with Crippen LogP contribution in [-0.2, 0) is 11.3 Å². The van der Waals surface area contributed by atoms with Crippen LogP contribution in [0.2, 0.25) is 5.02 Å². The standard InChI is InChI=1S/C23H24ClN3O2/c24-19-7-3-1-5-15(19)13-25-21(28)18-11-16-10-9-14(18)12-23(16)26-20-8-4-2-6-17(20)22(29)27-23/h1-8,14,16,18,26H,9-13H2,(H,25,28)(H,27,29)/t14?,16?,18?,23-/m1/s1. The molecule has 2 amide bonds. The normalized spacial score (nSPS) is 29.7. The lowest BCUT2D eigenvalue weighted by Gasteiger charge is -2.56. The molecule has 3 fully saturated rings. The summed E-state index contributed by atoms with van der Waals surface area (Å²) < 4.78 is 0. The topological polar surface area (TPSA) is 70.2 Å². The van der Waals surface area contributed by atoms with Crippen LogP contribution in [0.4, 0.5) is 5.69 Å². The number of hydrogen-bond donors (Lipinski definition) is 3. The Kier molecular flexibility index (Phi) is 4.50. The monoisotopic (exact) mass is 409 g/mol. The minimum atomic E-state index is -0.437. The van der Waals surface area contributed by atoms with Gasteiger partial charge in [0.15, 0.2) is 0 Å². The van der Waals surface area contributed by atoms with Gasteiger partial charge in [0.25, 0.3) is 5.91 Å². The summed E-state index contributed by atoms with van der Waals surface area (Å²) in [6.45, 7) is 0.444. The van der Waals surface area contributed by atoms with Crippen LogP contribution in [0.5, 0.6) is 0 Å². The fraction of sp³-hybridized carbons (Fsp3) is 0.391. The molecule has 2 aromatic carbocycles. The number of hydrogen-bond acceptors (Lipinski definition) is 3. The Balaban J connectivity index is 1.30. The fourth-order valence-electron chi connectivity index (χ4n) is 5.42. The number of carbonyl (C=O) groups is 2. The molecule has 5 nitrogen and oxygen atoms in total. The predicted octanol–water partition coefficient (Wildman–Crippen LogP) is 3.94. The molecule has 150 valence electrons. The predicted molar refractivity (Wildman–Crippen MR) is 112 cm³/mol. The molecule has 3 N–H and O–H groups in total. The molecule has 3 saturated carbocycles. The second kappa shape index (κ2) is 7.06. The van der Waals surface area contributed by atoms with Crippen molar-refractivity contribution < 1.29 is 9.59 Å². The third-order valence-electron chi connectivity index (χ3n) is 6.89. The third kappa shape index (κ3) is 3.18. The summed E-state index contributed by atoms with van der Waals surface area (Å²) in [5.74, 6) is 0.548. The molecule has 3 unspecified atom stereocenters. The van der Waals surface area contributed by atoms with Crippen LogP contribution in [-0.4, -0.2) is 17.5 Å². The van der Waals surface area contributed by atoms with Gasteiger partial charge < -0.3 is 16.0 Å². The van der Waals surface area contributed by atoms with E-state index in [2.05, 4.69) is 16.0 Å². The van der Waals surface area contributed by atoms with Gasteiger partial charge in [0, 0.05) is 29.1 Å². The van der Waals surface area contributed by atoms with E-state index in [4.69, 9.17) is 11.6 Å². The summed E-state index contributed by atoms with van der Waals surface area (Å²) in [6, 6.07) is 15.2. The van der Waals surface area contributed by atoms with Gasteiger partial charge >= 0.3 is 0 Å². The van der Waals surface area contributed by atoms with Crippen molar-refractivity contribution in [2.45, 2.75) is 37.9 Å². The highest BCUT2D eigenvalue weighted by atomic mass is 35.5. The van der Waals surface area contributed by atoms with Gasteiger partial charge in [-0.3, -0.25) is 9.59 Å². The number of para-hydroxylation sites is 1. The van der Waals surface area contributed by atoms with E-state index < -0.39 is 5.66 Å². The van der Waals surface area contributed by atoms with Crippen molar-refractivity contribution in [2.75, 3.05) is 5.32 Å². The summed E-state index contributed by atoms with van der Waals surface area (Å²) in [4.78, 5) is 25.6. The second-order valence-electron chi connectivity index (χ2n) is 8.49. The molecular weight excluding hydrogens is 386 g/mol. The van der Waals surface area contributed by atoms with Gasteiger partial charge in [0.2, 0.25) is 5.91 Å².